The van der Waals surface area contributed by atoms with E-state index in [1.54, 1.807) is 12.3 Å². The van der Waals surface area contributed by atoms with Crippen LogP contribution in [0.1, 0.15) is 12.8 Å². The number of hydrogen-bond donors (Lipinski definition) is 1. The molecule has 1 aromatic heterocycles. The fraction of sp³-hybridized carbons (Fsp3) is 0.500. The Kier molecular flexibility index (Phi) is 7.85. The summed E-state index contributed by atoms with van der Waals surface area (Å²) in [5.74, 6) is 0.856. The maximum Gasteiger partial charge on any atom is 0.273 e. The molecule has 1 saturated heterocycles. The van der Waals surface area contributed by atoms with Crippen molar-refractivity contribution in [2.75, 3.05) is 13.2 Å². The van der Waals surface area contributed by atoms with Gasteiger partial charge in [-0.3, -0.25) is 0 Å². The predicted molar refractivity (Wildman–Crippen MR) is 53.3 cm³/mol. The lowest BCUT2D eigenvalue weighted by molar-refractivity contribution is -0.670. The van der Waals surface area contributed by atoms with Gasteiger partial charge in [-0.1, -0.05) is 0 Å². The first-order valence-corrected chi connectivity index (χ1v) is 5.36. The van der Waals surface area contributed by atoms with Crippen LogP contribution in [0.2, 0.25) is 5.15 Å². The molecule has 1 aromatic rings. The van der Waals surface area contributed by atoms with Gasteiger partial charge in [-0.2, -0.15) is 4.98 Å². The lowest BCUT2D eigenvalue weighted by Crippen LogP contribution is -3.00. The summed E-state index contributed by atoms with van der Waals surface area (Å²) >= 11 is 5.72. The van der Waals surface area contributed by atoms with Crippen molar-refractivity contribution in [1.29, 1.82) is 0 Å². The van der Waals surface area contributed by atoms with E-state index in [0.717, 1.165) is 12.4 Å². The highest BCUT2D eigenvalue weighted by molar-refractivity contribution is 6.28. The number of rotatable bonds is 3. The first-order chi connectivity index (χ1) is 6.84. The van der Waals surface area contributed by atoms with E-state index in [-0.39, 0.29) is 24.8 Å². The molecule has 0 saturated carbocycles. The molecule has 0 bridgehead atoms. The van der Waals surface area contributed by atoms with E-state index < -0.39 is 0 Å². The van der Waals surface area contributed by atoms with E-state index in [2.05, 4.69) is 10.3 Å². The van der Waals surface area contributed by atoms with Gasteiger partial charge in [0.15, 0.2) is 5.75 Å². The molecular formula is C10H15Cl3N2O. The third-order valence-corrected chi connectivity index (χ3v) is 2.72. The maximum absolute atomic E-state index is 5.72. The highest BCUT2D eigenvalue weighted by Crippen LogP contribution is 2.09. The van der Waals surface area contributed by atoms with E-state index in [4.69, 9.17) is 16.3 Å². The number of nitrogens with one attached hydrogen (secondary N) is 1. The summed E-state index contributed by atoms with van der Waals surface area (Å²) in [5, 5.41) is 2.98. The Balaban J connectivity index is 0.00000112. The second kappa shape index (κ2) is 7.96. The second-order valence-corrected chi connectivity index (χ2v) is 4.02. The second-order valence-electron chi connectivity index (χ2n) is 3.61. The summed E-state index contributed by atoms with van der Waals surface area (Å²) < 4.78 is 5.62. The SMILES string of the molecule is Clc1ccc(OC[C@@H]2CCC[NH2+]2)c[nH+]1.[Cl-].[Cl-]. The molecule has 0 aromatic carbocycles. The van der Waals surface area contributed by atoms with Crippen LogP contribution >= 0.6 is 11.6 Å². The summed E-state index contributed by atoms with van der Waals surface area (Å²) in [5.41, 5.74) is 0. The van der Waals surface area contributed by atoms with Crippen LogP contribution in [0.5, 0.6) is 5.75 Å². The first-order valence-electron chi connectivity index (χ1n) is 4.98. The van der Waals surface area contributed by atoms with Gasteiger partial charge in [0.2, 0.25) is 6.20 Å². The van der Waals surface area contributed by atoms with Crippen molar-refractivity contribution in [3.8, 4) is 5.75 Å². The number of pyridine rings is 1. The van der Waals surface area contributed by atoms with Crippen LogP contribution < -0.4 is 39.9 Å². The highest BCUT2D eigenvalue weighted by atomic mass is 35.5. The number of aromatic amines is 1. The zero-order valence-electron chi connectivity index (χ0n) is 8.76. The standard InChI is InChI=1S/C10H13ClN2O.2ClH/c11-10-4-3-9(6-13-10)14-7-8-2-1-5-12-8;;/h3-4,6,8,12H,1-2,5,7H2;2*1H/t8-;;/m0../s1. The van der Waals surface area contributed by atoms with Crippen molar-refractivity contribution >= 4 is 11.6 Å². The number of aromatic nitrogens is 1. The van der Waals surface area contributed by atoms with Crippen LogP contribution in [0.25, 0.3) is 0 Å². The molecule has 1 atom stereocenters. The van der Waals surface area contributed by atoms with Gasteiger partial charge in [0.05, 0.1) is 6.54 Å². The van der Waals surface area contributed by atoms with E-state index in [1.165, 1.54) is 19.4 Å². The number of quaternary nitrogens is 1. The van der Waals surface area contributed by atoms with Crippen LogP contribution in [0, 0.1) is 0 Å². The van der Waals surface area contributed by atoms with Crippen LogP contribution in [0.15, 0.2) is 18.3 Å². The predicted octanol–water partition coefficient (Wildman–Crippen LogP) is -5.73. The molecule has 1 aliphatic heterocycles. The third-order valence-electron chi connectivity index (χ3n) is 2.49. The normalized spacial score (nSPS) is 18.4. The maximum atomic E-state index is 5.72. The summed E-state index contributed by atoms with van der Waals surface area (Å²) in [7, 11) is 0. The van der Waals surface area contributed by atoms with Crippen LogP contribution in [0.4, 0.5) is 0 Å². The van der Waals surface area contributed by atoms with Crippen LogP contribution in [0.3, 0.4) is 0 Å². The van der Waals surface area contributed by atoms with Crippen LogP contribution in [-0.4, -0.2) is 19.2 Å². The average molecular weight is 286 g/mol. The minimum atomic E-state index is 0. The van der Waals surface area contributed by atoms with Crippen molar-refractivity contribution in [2.24, 2.45) is 0 Å². The average Bonchev–Trinajstić information content (AvgIpc) is 2.70. The molecular weight excluding hydrogens is 270 g/mol. The van der Waals surface area contributed by atoms with Crippen molar-refractivity contribution in [2.45, 2.75) is 18.9 Å². The van der Waals surface area contributed by atoms with E-state index in [1.807, 2.05) is 6.07 Å². The minimum Gasteiger partial charge on any atom is -1.00 e. The molecule has 1 aliphatic rings. The Morgan fingerprint density at radius 3 is 2.81 bits per heavy atom. The zero-order chi connectivity index (χ0) is 9.80. The van der Waals surface area contributed by atoms with E-state index >= 15 is 0 Å². The topological polar surface area (TPSA) is 40.0 Å². The van der Waals surface area contributed by atoms with E-state index in [9.17, 15) is 0 Å². The number of hydrogen-bond acceptors (Lipinski definition) is 1. The number of nitrogens with two attached hydrogens (primary N) is 1. The molecule has 6 heteroatoms. The van der Waals surface area contributed by atoms with Crippen molar-refractivity contribution in [3.63, 3.8) is 0 Å². The monoisotopic (exact) mass is 284 g/mol. The molecule has 0 unspecified atom stereocenters. The molecule has 0 amide bonds. The van der Waals surface area contributed by atoms with Gasteiger partial charge in [-0.15, -0.1) is 0 Å². The molecule has 0 spiro atoms. The van der Waals surface area contributed by atoms with Crippen molar-refractivity contribution in [3.05, 3.63) is 23.5 Å². The Labute approximate surface area is 113 Å². The number of H-pyrrole nitrogens is 1. The van der Waals surface area contributed by atoms with Gasteiger partial charge in [0.25, 0.3) is 5.15 Å². The third kappa shape index (κ3) is 4.74. The van der Waals surface area contributed by atoms with Gasteiger partial charge in [0, 0.05) is 18.9 Å². The van der Waals surface area contributed by atoms with Gasteiger partial charge in [-0.25, -0.2) is 0 Å². The molecule has 2 rings (SSSR count). The summed E-state index contributed by atoms with van der Waals surface area (Å²) in [6, 6.07) is 4.31. The van der Waals surface area contributed by atoms with Crippen LogP contribution in [-0.2, 0) is 0 Å². The van der Waals surface area contributed by atoms with Gasteiger partial charge >= 0.3 is 0 Å². The van der Waals surface area contributed by atoms with Crippen molar-refractivity contribution in [1.82, 2.24) is 0 Å². The molecule has 16 heavy (non-hydrogen) atoms. The van der Waals surface area contributed by atoms with Gasteiger partial charge < -0.3 is 34.9 Å². The molecule has 92 valence electrons. The molecule has 2 heterocycles. The number of ether oxygens (including phenoxy) is 1. The summed E-state index contributed by atoms with van der Waals surface area (Å²) in [6.45, 7) is 2.02. The quantitative estimate of drug-likeness (QED) is 0.553. The van der Waals surface area contributed by atoms with Gasteiger partial charge in [-0.05, 0) is 17.7 Å². The lowest BCUT2D eigenvalue weighted by atomic mass is 10.2. The Morgan fingerprint density at radius 1 is 1.44 bits per heavy atom. The zero-order valence-corrected chi connectivity index (χ0v) is 11.0. The molecule has 3 N–H and O–H groups in total. The lowest BCUT2D eigenvalue weighted by Gasteiger charge is -2.07. The Bertz CT molecular complexity index is 289. The summed E-state index contributed by atoms with van der Waals surface area (Å²) in [4.78, 5) is 2.91. The highest BCUT2D eigenvalue weighted by Gasteiger charge is 2.18. The smallest absolute Gasteiger partial charge is 0.273 e. The molecule has 0 radical (unpaired) electrons. The van der Waals surface area contributed by atoms with Gasteiger partial charge in [0.1, 0.15) is 12.6 Å². The number of halogens is 3. The van der Waals surface area contributed by atoms with Crippen molar-refractivity contribution < 1.29 is 39.9 Å². The Morgan fingerprint density at radius 2 is 2.25 bits per heavy atom. The fourth-order valence-electron chi connectivity index (χ4n) is 1.69. The summed E-state index contributed by atoms with van der Waals surface area (Å²) in [6.07, 6.45) is 4.36. The largest absolute Gasteiger partial charge is 1.00 e. The Hall–Kier alpha value is -0.220. The van der Waals surface area contributed by atoms with E-state index in [0.29, 0.717) is 11.2 Å². The fourth-order valence-corrected chi connectivity index (χ4v) is 1.81. The minimum absolute atomic E-state index is 0. The molecule has 0 aliphatic carbocycles. The molecule has 1 fully saturated rings. The first kappa shape index (κ1) is 15.8. The molecule has 3 nitrogen and oxygen atoms in total.